The van der Waals surface area contributed by atoms with Crippen LogP contribution in [0.4, 0.5) is 0 Å². The maximum absolute atomic E-state index is 2.22. The van der Waals surface area contributed by atoms with Crippen molar-refractivity contribution in [2.45, 2.75) is 6.92 Å². The maximum Gasteiger partial charge on any atom is -0.147 e. The van der Waals surface area contributed by atoms with Crippen molar-refractivity contribution >= 4 is 16.6 Å². The van der Waals surface area contributed by atoms with Gasteiger partial charge < -0.3 is 0 Å². The van der Waals surface area contributed by atoms with Crippen LogP contribution < -0.4 is 4.16 Å². The minimum absolute atomic E-state index is 0. The summed E-state index contributed by atoms with van der Waals surface area (Å²) in [6.07, 6.45) is 0. The van der Waals surface area contributed by atoms with E-state index in [4.69, 9.17) is 0 Å². The zero-order valence-corrected chi connectivity index (χ0v) is 9.21. The molecule has 0 radical (unpaired) electrons. The van der Waals surface area contributed by atoms with Gasteiger partial charge in [-0.2, -0.15) is 0 Å². The molecule has 0 bridgehead atoms. The molecule has 45 valence electrons. The smallest absolute Gasteiger partial charge is 0.147 e. The summed E-state index contributed by atoms with van der Waals surface area (Å²) in [5.74, 6) is 0. The third kappa shape index (κ3) is 2.98. The molecule has 0 nitrogen and oxygen atoms in total. The van der Waals surface area contributed by atoms with Gasteiger partial charge in [-0.3, -0.25) is 0 Å². The first-order valence-corrected chi connectivity index (χ1v) is 4.16. The Hall–Kier alpha value is 0.133. The van der Waals surface area contributed by atoms with Crippen LogP contribution >= 0.6 is 12.4 Å². The second kappa shape index (κ2) is 4.03. The van der Waals surface area contributed by atoms with Crippen molar-refractivity contribution in [3.05, 3.63) is 29.8 Å². The number of hydrogen-bond donors (Lipinski definition) is 0. The summed E-state index contributed by atoms with van der Waals surface area (Å²) in [5.41, 5.74) is 1.37. The summed E-state index contributed by atoms with van der Waals surface area (Å²) in [7, 11) is 0. The van der Waals surface area contributed by atoms with E-state index < -0.39 is 0 Å². The molecule has 2 heteroatoms. The van der Waals surface area contributed by atoms with Gasteiger partial charge in [-0.1, -0.05) is 0 Å². The van der Waals surface area contributed by atoms with Crippen molar-refractivity contribution in [1.82, 2.24) is 0 Å². The first-order chi connectivity index (χ1) is 3.79. The Bertz CT molecular complexity index is 169. The van der Waals surface area contributed by atoms with Gasteiger partial charge in [-0.05, 0) is 0 Å². The van der Waals surface area contributed by atoms with E-state index in [1.807, 2.05) is 0 Å². The average molecular weight is 193 g/mol. The van der Waals surface area contributed by atoms with Gasteiger partial charge >= 0.3 is 59.2 Å². The quantitative estimate of drug-likeness (QED) is 0.548. The van der Waals surface area contributed by atoms with Crippen LogP contribution in [0.3, 0.4) is 0 Å². The molecule has 0 N–H and O–H groups in total. The third-order valence-electron chi connectivity index (χ3n) is 1.08. The summed E-state index contributed by atoms with van der Waals surface area (Å²) in [5, 5.41) is 0. The molecule has 0 aliphatic rings. The molecule has 0 heterocycles. The summed E-state index contributed by atoms with van der Waals surface area (Å²) >= 11 is 1.27. The van der Waals surface area contributed by atoms with E-state index in [1.165, 1.54) is 28.0 Å². The third-order valence-corrected chi connectivity index (χ3v) is 2.01. The van der Waals surface area contributed by atoms with Crippen LogP contribution in [0.1, 0.15) is 5.56 Å². The molecule has 0 saturated heterocycles. The second-order valence-corrected chi connectivity index (χ2v) is 3.70. The van der Waals surface area contributed by atoms with Crippen molar-refractivity contribution in [3.8, 4) is 0 Å². The van der Waals surface area contributed by atoms with Crippen LogP contribution in [0.25, 0.3) is 0 Å². The normalized spacial score (nSPS) is 8.33. The molecule has 0 fully saturated rings. The Labute approximate surface area is 71.7 Å². The van der Waals surface area contributed by atoms with Crippen molar-refractivity contribution in [3.63, 3.8) is 0 Å². The standard InChI is InChI=1S/C7H7.ClH.Zn/c1-7-5-3-2-4-6-7;;/h2-3,5-6H,1H3;1H;. The molecule has 0 aliphatic carbocycles. The molecule has 0 spiro atoms. The minimum atomic E-state index is 0. The number of benzene rings is 1. The number of aryl methyl sites for hydroxylation is 1. The SMILES string of the molecule is Cc1ccc[c]([Zn])c1.Cl. The van der Waals surface area contributed by atoms with Gasteiger partial charge in [-0.25, -0.2) is 0 Å². The fourth-order valence-corrected chi connectivity index (χ4v) is 1.67. The van der Waals surface area contributed by atoms with Crippen molar-refractivity contribution < 1.29 is 18.3 Å². The Kier molecular flexibility index (Phi) is 4.09. The molecule has 1 rings (SSSR count). The van der Waals surface area contributed by atoms with Gasteiger partial charge in [0.25, 0.3) is 0 Å². The van der Waals surface area contributed by atoms with Crippen LogP contribution in [-0.2, 0) is 18.3 Å². The van der Waals surface area contributed by atoms with Gasteiger partial charge in [0.2, 0.25) is 0 Å². The molecule has 0 unspecified atom stereocenters. The zero-order valence-electron chi connectivity index (χ0n) is 5.42. The largest absolute Gasteiger partial charge is 0.147 e. The van der Waals surface area contributed by atoms with Gasteiger partial charge in [0, 0.05) is 0 Å². The Morgan fingerprint density at radius 1 is 1.33 bits per heavy atom. The summed E-state index contributed by atoms with van der Waals surface area (Å²) in [6.45, 7) is 2.12. The van der Waals surface area contributed by atoms with Gasteiger partial charge in [-0.15, -0.1) is 12.4 Å². The topological polar surface area (TPSA) is 0 Å². The van der Waals surface area contributed by atoms with E-state index in [-0.39, 0.29) is 12.4 Å². The van der Waals surface area contributed by atoms with Gasteiger partial charge in [0.15, 0.2) is 0 Å². The first-order valence-electron chi connectivity index (χ1n) is 2.67. The molecule has 0 aliphatic heterocycles. The molecule has 0 saturated carbocycles. The van der Waals surface area contributed by atoms with Crippen LogP contribution in [-0.4, -0.2) is 0 Å². The number of halogens is 1. The predicted molar refractivity (Wildman–Crippen MR) is 38.1 cm³/mol. The molecule has 1 aromatic rings. The maximum atomic E-state index is 2.22. The van der Waals surface area contributed by atoms with Crippen molar-refractivity contribution in [2.75, 3.05) is 0 Å². The fraction of sp³-hybridized carbons (Fsp3) is 0.143. The predicted octanol–water partition coefficient (Wildman–Crippen LogP) is 1.59. The average Bonchev–Trinajstić information content (AvgIpc) is 1.64. The fourth-order valence-electron chi connectivity index (χ4n) is 0.712. The molecular weight excluding hydrogens is 185 g/mol. The summed E-state index contributed by atoms with van der Waals surface area (Å²) < 4.78 is 1.46. The molecule has 0 amide bonds. The van der Waals surface area contributed by atoms with E-state index in [0.29, 0.717) is 0 Å². The van der Waals surface area contributed by atoms with Crippen molar-refractivity contribution in [2.24, 2.45) is 0 Å². The van der Waals surface area contributed by atoms with Gasteiger partial charge in [0.05, 0.1) is 0 Å². The van der Waals surface area contributed by atoms with Crippen LogP contribution in [0.15, 0.2) is 24.3 Å². The van der Waals surface area contributed by atoms with Crippen molar-refractivity contribution in [1.29, 1.82) is 0 Å². The van der Waals surface area contributed by atoms with E-state index in [2.05, 4.69) is 31.2 Å². The van der Waals surface area contributed by atoms with E-state index in [1.54, 1.807) is 0 Å². The van der Waals surface area contributed by atoms with Gasteiger partial charge in [0.1, 0.15) is 0 Å². The number of hydrogen-bond acceptors (Lipinski definition) is 0. The van der Waals surface area contributed by atoms with Crippen LogP contribution in [0.5, 0.6) is 0 Å². The first kappa shape index (κ1) is 9.13. The van der Waals surface area contributed by atoms with Crippen LogP contribution in [0.2, 0.25) is 0 Å². The minimum Gasteiger partial charge on any atom is -0.147 e. The monoisotopic (exact) mass is 191 g/mol. The van der Waals surface area contributed by atoms with E-state index in [9.17, 15) is 0 Å². The molecule has 0 atom stereocenters. The van der Waals surface area contributed by atoms with E-state index >= 15 is 0 Å². The summed E-state index contributed by atoms with van der Waals surface area (Å²) in [4.78, 5) is 0. The zero-order chi connectivity index (χ0) is 5.98. The Morgan fingerprint density at radius 2 is 2.00 bits per heavy atom. The second-order valence-electron chi connectivity index (χ2n) is 1.99. The molecule has 9 heavy (non-hydrogen) atoms. The molecule has 1 aromatic carbocycles. The molecular formula is C7H8ClZn. The van der Waals surface area contributed by atoms with E-state index in [0.717, 1.165) is 0 Å². The Morgan fingerprint density at radius 3 is 2.33 bits per heavy atom. The summed E-state index contributed by atoms with van der Waals surface area (Å²) in [6, 6.07) is 8.61. The molecule has 0 aromatic heterocycles. The number of rotatable bonds is 0. The van der Waals surface area contributed by atoms with Crippen LogP contribution in [0, 0.1) is 6.92 Å². The Balaban J connectivity index is 0.000000640.